The van der Waals surface area contributed by atoms with Gasteiger partial charge in [-0.25, -0.2) is 0 Å². The lowest BCUT2D eigenvalue weighted by molar-refractivity contribution is -0.955. The summed E-state index contributed by atoms with van der Waals surface area (Å²) in [5.41, 5.74) is 1.94. The lowest BCUT2D eigenvalue weighted by Gasteiger charge is -2.36. The molecule has 1 aromatic heterocycles. The number of rotatable bonds is 4. The van der Waals surface area contributed by atoms with Crippen LogP contribution in [0.15, 0.2) is 47.1 Å². The first-order valence-electron chi connectivity index (χ1n) is 8.94. The van der Waals surface area contributed by atoms with Crippen LogP contribution in [0.5, 0.6) is 0 Å². The van der Waals surface area contributed by atoms with E-state index in [1.54, 1.807) is 11.2 Å². The number of amides is 1. The van der Waals surface area contributed by atoms with Gasteiger partial charge in [-0.05, 0) is 31.2 Å². The van der Waals surface area contributed by atoms with Crippen molar-refractivity contribution in [1.82, 2.24) is 5.32 Å². The third-order valence-electron chi connectivity index (χ3n) is 5.66. The molecule has 2 aliphatic heterocycles. The van der Waals surface area contributed by atoms with Crippen molar-refractivity contribution >= 4 is 5.91 Å². The van der Waals surface area contributed by atoms with Gasteiger partial charge in [0.1, 0.15) is 6.54 Å². The highest BCUT2D eigenvalue weighted by atomic mass is 16.3. The number of benzene rings is 1. The van der Waals surface area contributed by atoms with E-state index in [0.29, 0.717) is 18.1 Å². The van der Waals surface area contributed by atoms with Crippen molar-refractivity contribution in [3.05, 3.63) is 59.5 Å². The summed E-state index contributed by atoms with van der Waals surface area (Å²) in [6.45, 7) is 3.01. The first-order valence-corrected chi connectivity index (χ1v) is 8.94. The second kappa shape index (κ2) is 6.44. The van der Waals surface area contributed by atoms with E-state index >= 15 is 0 Å². The summed E-state index contributed by atoms with van der Waals surface area (Å²) in [5.74, 6) is 1.14. The topological polar surface area (TPSA) is 46.7 Å². The zero-order valence-electron chi connectivity index (χ0n) is 14.1. The van der Waals surface area contributed by atoms with Crippen molar-refractivity contribution in [3.63, 3.8) is 0 Å². The molecule has 0 saturated carbocycles. The number of hydrogen-bond acceptors (Lipinski definition) is 2. The molecule has 126 valence electrons. The quantitative estimate of drug-likeness (QED) is 0.904. The summed E-state index contributed by atoms with van der Waals surface area (Å²) in [7, 11) is 0. The third kappa shape index (κ3) is 3.11. The van der Waals surface area contributed by atoms with Gasteiger partial charge >= 0.3 is 0 Å². The highest BCUT2D eigenvalue weighted by Gasteiger charge is 2.45. The van der Waals surface area contributed by atoms with Gasteiger partial charge in [0.2, 0.25) is 0 Å². The molecule has 2 aromatic rings. The molecule has 4 rings (SSSR count). The van der Waals surface area contributed by atoms with E-state index in [2.05, 4.69) is 11.4 Å². The number of furan rings is 1. The summed E-state index contributed by atoms with van der Waals surface area (Å²) >= 11 is 0. The minimum Gasteiger partial charge on any atom is -0.463 e. The SMILES string of the molecule is Cc1ccc(C(=O)NC2C[C@H]3CC[C@@H](C2)[NH+]3Cc2ccco2)cc1. The molecule has 3 heterocycles. The normalized spacial score (nSPS) is 28.7. The molecule has 0 spiro atoms. The number of carbonyl (C=O) groups excluding carboxylic acids is 1. The Labute approximate surface area is 142 Å². The third-order valence-corrected chi connectivity index (χ3v) is 5.66. The molecule has 2 saturated heterocycles. The van der Waals surface area contributed by atoms with Gasteiger partial charge in [0, 0.05) is 37.3 Å². The number of fused-ring (bicyclic) bond motifs is 2. The van der Waals surface area contributed by atoms with Gasteiger partial charge in [-0.3, -0.25) is 4.79 Å². The van der Waals surface area contributed by atoms with E-state index in [0.717, 1.165) is 30.7 Å². The van der Waals surface area contributed by atoms with Crippen LogP contribution in [0.4, 0.5) is 0 Å². The lowest BCUT2D eigenvalue weighted by atomic mass is 9.96. The molecule has 1 aromatic carbocycles. The Kier molecular flexibility index (Phi) is 4.15. The van der Waals surface area contributed by atoms with Crippen LogP contribution in [0.25, 0.3) is 0 Å². The van der Waals surface area contributed by atoms with Crippen molar-refractivity contribution in [2.24, 2.45) is 0 Å². The molecule has 4 heteroatoms. The Bertz CT molecular complexity index is 679. The van der Waals surface area contributed by atoms with E-state index in [1.807, 2.05) is 37.3 Å². The minimum absolute atomic E-state index is 0.0638. The Balaban J connectivity index is 1.38. The molecule has 2 fully saturated rings. The van der Waals surface area contributed by atoms with Crippen LogP contribution in [0, 0.1) is 6.92 Å². The Morgan fingerprint density at radius 1 is 1.17 bits per heavy atom. The fraction of sp³-hybridized carbons (Fsp3) is 0.450. The standard InChI is InChI=1S/C20H24N2O2/c1-14-4-6-15(7-5-14)20(23)21-16-11-17-8-9-18(12-16)22(17)13-19-3-2-10-24-19/h2-7,10,16-18H,8-9,11-13H2,1H3,(H,21,23)/p+1/t16?,17-,18+. The number of hydrogen-bond donors (Lipinski definition) is 2. The minimum atomic E-state index is 0.0638. The van der Waals surface area contributed by atoms with Gasteiger partial charge in [0.15, 0.2) is 5.76 Å². The second-order valence-corrected chi connectivity index (χ2v) is 7.31. The van der Waals surface area contributed by atoms with Gasteiger partial charge in [0.05, 0.1) is 18.3 Å². The van der Waals surface area contributed by atoms with E-state index in [-0.39, 0.29) is 5.91 Å². The number of nitrogens with one attached hydrogen (secondary N) is 2. The maximum Gasteiger partial charge on any atom is 0.251 e. The smallest absolute Gasteiger partial charge is 0.251 e. The first kappa shape index (κ1) is 15.5. The van der Waals surface area contributed by atoms with Crippen LogP contribution >= 0.6 is 0 Å². The molecule has 2 unspecified atom stereocenters. The predicted octanol–water partition coefficient (Wildman–Crippen LogP) is 2.10. The zero-order valence-corrected chi connectivity index (χ0v) is 14.1. The summed E-state index contributed by atoms with van der Waals surface area (Å²) < 4.78 is 5.53. The van der Waals surface area contributed by atoms with E-state index in [9.17, 15) is 4.79 Å². The van der Waals surface area contributed by atoms with E-state index < -0.39 is 0 Å². The Hall–Kier alpha value is -2.07. The summed E-state index contributed by atoms with van der Waals surface area (Å²) in [6.07, 6.45) is 6.43. The number of aryl methyl sites for hydroxylation is 1. The molecule has 2 bridgehead atoms. The molecule has 4 atom stereocenters. The maximum absolute atomic E-state index is 12.5. The van der Waals surface area contributed by atoms with Gasteiger partial charge in [0.25, 0.3) is 5.91 Å². The van der Waals surface area contributed by atoms with E-state index in [4.69, 9.17) is 4.42 Å². The van der Waals surface area contributed by atoms with Crippen LogP contribution < -0.4 is 10.2 Å². The molecule has 0 aliphatic carbocycles. The van der Waals surface area contributed by atoms with Crippen LogP contribution in [-0.2, 0) is 6.54 Å². The van der Waals surface area contributed by atoms with E-state index in [1.165, 1.54) is 18.4 Å². The number of piperidine rings is 1. The number of carbonyl (C=O) groups is 1. The molecule has 1 amide bonds. The number of quaternary nitrogens is 1. The van der Waals surface area contributed by atoms with Crippen LogP contribution in [0.2, 0.25) is 0 Å². The second-order valence-electron chi connectivity index (χ2n) is 7.31. The molecule has 24 heavy (non-hydrogen) atoms. The largest absolute Gasteiger partial charge is 0.463 e. The lowest BCUT2D eigenvalue weighted by Crippen LogP contribution is -3.17. The average Bonchev–Trinajstić information content (AvgIpc) is 3.15. The van der Waals surface area contributed by atoms with Crippen molar-refractivity contribution in [3.8, 4) is 0 Å². The van der Waals surface area contributed by atoms with Crippen LogP contribution in [0.3, 0.4) is 0 Å². The highest BCUT2D eigenvalue weighted by Crippen LogP contribution is 2.24. The fourth-order valence-corrected chi connectivity index (χ4v) is 4.42. The Morgan fingerprint density at radius 3 is 2.50 bits per heavy atom. The molecular weight excluding hydrogens is 300 g/mol. The fourth-order valence-electron chi connectivity index (χ4n) is 4.42. The summed E-state index contributed by atoms with van der Waals surface area (Å²) in [5, 5.41) is 3.26. The molecule has 4 nitrogen and oxygen atoms in total. The monoisotopic (exact) mass is 325 g/mol. The first-order chi connectivity index (χ1) is 11.7. The van der Waals surface area contributed by atoms with Gasteiger partial charge in [-0.1, -0.05) is 17.7 Å². The van der Waals surface area contributed by atoms with Crippen molar-refractivity contribution in [2.45, 2.75) is 57.3 Å². The van der Waals surface area contributed by atoms with Crippen molar-refractivity contribution in [2.75, 3.05) is 0 Å². The maximum atomic E-state index is 12.5. The molecular formula is C20H25N2O2+. The van der Waals surface area contributed by atoms with Gasteiger partial charge in [-0.15, -0.1) is 0 Å². The molecule has 2 aliphatic rings. The average molecular weight is 325 g/mol. The van der Waals surface area contributed by atoms with Gasteiger partial charge in [-0.2, -0.15) is 0 Å². The molecule has 0 radical (unpaired) electrons. The van der Waals surface area contributed by atoms with Crippen molar-refractivity contribution in [1.29, 1.82) is 0 Å². The summed E-state index contributed by atoms with van der Waals surface area (Å²) in [6, 6.07) is 13.4. The highest BCUT2D eigenvalue weighted by molar-refractivity contribution is 5.94. The molecule has 2 N–H and O–H groups in total. The summed E-state index contributed by atoms with van der Waals surface area (Å²) in [4.78, 5) is 14.1. The predicted molar refractivity (Wildman–Crippen MR) is 91.9 cm³/mol. The van der Waals surface area contributed by atoms with Gasteiger partial charge < -0.3 is 14.6 Å². The van der Waals surface area contributed by atoms with Crippen LogP contribution in [0.1, 0.15) is 47.4 Å². The zero-order chi connectivity index (χ0) is 16.5. The van der Waals surface area contributed by atoms with Crippen molar-refractivity contribution < 1.29 is 14.1 Å². The van der Waals surface area contributed by atoms with Crippen LogP contribution in [-0.4, -0.2) is 24.0 Å². The Morgan fingerprint density at radius 2 is 1.88 bits per heavy atom.